The first kappa shape index (κ1) is 20.3. The second-order valence-electron chi connectivity index (χ2n) is 5.86. The van der Waals surface area contributed by atoms with Crippen molar-refractivity contribution in [2.45, 2.75) is 0 Å². The summed E-state index contributed by atoms with van der Waals surface area (Å²) in [4.78, 5) is 0. The van der Waals surface area contributed by atoms with Gasteiger partial charge in [0.25, 0.3) is 0 Å². The molecule has 0 spiro atoms. The van der Waals surface area contributed by atoms with Crippen LogP contribution >= 0.6 is 63.7 Å². The molecule has 0 atom stereocenters. The van der Waals surface area contributed by atoms with Crippen LogP contribution in [0, 0.1) is 0 Å². The Kier molecular flexibility index (Phi) is 6.13. The second-order valence-corrected chi connectivity index (χ2v) is 10.0. The zero-order valence-corrected chi connectivity index (χ0v) is 21.1. The molecule has 0 aliphatic carbocycles. The van der Waals surface area contributed by atoms with Crippen molar-refractivity contribution in [3.63, 3.8) is 0 Å². The number of fused-ring (bicyclic) bond motifs is 2. The summed E-state index contributed by atoms with van der Waals surface area (Å²) >= 11 is 12.0. The van der Waals surface area contributed by atoms with E-state index >= 15 is 0 Å². The molecule has 0 radical (unpaired) electrons. The highest BCUT2D eigenvalue weighted by Gasteiger charge is 2.15. The molecular formula is C20H10Br4O3S. The van der Waals surface area contributed by atoms with Crippen molar-refractivity contribution in [2.75, 3.05) is 0 Å². The molecule has 142 valence electrons. The van der Waals surface area contributed by atoms with Crippen LogP contribution in [0.4, 0.5) is 0 Å². The van der Waals surface area contributed by atoms with Gasteiger partial charge in [-0.1, -0.05) is 56.1 Å². The van der Waals surface area contributed by atoms with Crippen LogP contribution in [0.3, 0.4) is 0 Å². The van der Waals surface area contributed by atoms with Gasteiger partial charge in [0.2, 0.25) is 0 Å². The number of rotatable bonds is 4. The number of hydrogen-bond donors (Lipinski definition) is 0. The minimum Gasteiger partial charge on any atom is -0.370 e. The highest BCUT2D eigenvalue weighted by atomic mass is 79.9. The first-order valence-corrected chi connectivity index (χ1v) is 12.1. The molecule has 0 aromatic heterocycles. The van der Waals surface area contributed by atoms with E-state index in [0.717, 1.165) is 39.4 Å². The Bertz CT molecular complexity index is 1150. The fourth-order valence-corrected chi connectivity index (χ4v) is 5.50. The largest absolute Gasteiger partial charge is 0.417 e. The number of hydrogen-bond acceptors (Lipinski definition) is 3. The van der Waals surface area contributed by atoms with E-state index in [2.05, 4.69) is 63.7 Å². The van der Waals surface area contributed by atoms with E-state index in [4.69, 9.17) is 8.37 Å². The van der Waals surface area contributed by atoms with Crippen molar-refractivity contribution in [1.82, 2.24) is 0 Å². The summed E-state index contributed by atoms with van der Waals surface area (Å²) in [5.74, 6) is 0.878. The Morgan fingerprint density at radius 3 is 1.46 bits per heavy atom. The molecular weight excluding hydrogens is 640 g/mol. The molecule has 4 rings (SSSR count). The van der Waals surface area contributed by atoms with Gasteiger partial charge in [-0.05, 0) is 89.8 Å². The van der Waals surface area contributed by atoms with Crippen molar-refractivity contribution in [3.05, 3.63) is 78.6 Å². The van der Waals surface area contributed by atoms with Gasteiger partial charge in [0.15, 0.2) is 11.5 Å². The van der Waals surface area contributed by atoms with E-state index in [0.29, 0.717) is 11.5 Å². The Labute approximate surface area is 197 Å². The summed E-state index contributed by atoms with van der Waals surface area (Å²) in [7, 11) is 0. The molecule has 4 aromatic carbocycles. The predicted molar refractivity (Wildman–Crippen MR) is 128 cm³/mol. The standard InChI is InChI=1S/C20H10Br4O3S/c21-13-3-5-15-11(9-13)1-7-17(19(15)23)26-28(25)27-18-8-2-12-10-14(22)4-6-16(12)20(18)24/h1-10H. The molecule has 0 heterocycles. The van der Waals surface area contributed by atoms with Crippen molar-refractivity contribution in [3.8, 4) is 11.5 Å². The summed E-state index contributed by atoms with van der Waals surface area (Å²) in [5.41, 5.74) is 0. The normalized spacial score (nSPS) is 11.3. The van der Waals surface area contributed by atoms with Gasteiger partial charge in [0.05, 0.1) is 8.95 Å². The van der Waals surface area contributed by atoms with Gasteiger partial charge < -0.3 is 8.37 Å². The maximum Gasteiger partial charge on any atom is 0.417 e. The number of benzene rings is 4. The van der Waals surface area contributed by atoms with Gasteiger partial charge in [0.1, 0.15) is 0 Å². The third-order valence-corrected chi connectivity index (χ3v) is 7.33. The molecule has 0 aliphatic rings. The third-order valence-electron chi connectivity index (χ3n) is 4.08. The quantitative estimate of drug-likeness (QED) is 0.224. The highest BCUT2D eigenvalue weighted by Crippen LogP contribution is 2.37. The van der Waals surface area contributed by atoms with E-state index < -0.39 is 11.4 Å². The summed E-state index contributed by atoms with van der Waals surface area (Å²) in [6.07, 6.45) is 0. The topological polar surface area (TPSA) is 35.5 Å². The first-order valence-electron chi connectivity index (χ1n) is 7.96. The lowest BCUT2D eigenvalue weighted by molar-refractivity contribution is 0.460. The second kappa shape index (κ2) is 8.44. The molecule has 0 amide bonds. The molecule has 8 heteroatoms. The molecule has 0 saturated heterocycles. The average molecular weight is 650 g/mol. The van der Waals surface area contributed by atoms with Crippen LogP contribution in [0.25, 0.3) is 21.5 Å². The maximum atomic E-state index is 12.5. The Morgan fingerprint density at radius 2 is 1.04 bits per heavy atom. The summed E-state index contributed by atoms with van der Waals surface area (Å²) in [5, 5.41) is 3.97. The molecule has 0 bridgehead atoms. The maximum absolute atomic E-state index is 12.5. The lowest BCUT2D eigenvalue weighted by Gasteiger charge is -2.11. The van der Waals surface area contributed by atoms with E-state index in [1.165, 1.54) is 0 Å². The fourth-order valence-electron chi connectivity index (χ4n) is 2.78. The van der Waals surface area contributed by atoms with E-state index in [-0.39, 0.29) is 0 Å². The Balaban J connectivity index is 1.60. The zero-order valence-electron chi connectivity index (χ0n) is 13.9. The lowest BCUT2D eigenvalue weighted by atomic mass is 10.1. The molecule has 0 fully saturated rings. The highest BCUT2D eigenvalue weighted by molar-refractivity contribution is 9.11. The smallest absolute Gasteiger partial charge is 0.370 e. The average Bonchev–Trinajstić information content (AvgIpc) is 2.66. The summed E-state index contributed by atoms with van der Waals surface area (Å²) in [6.45, 7) is 0. The van der Waals surface area contributed by atoms with Crippen LogP contribution in [0.1, 0.15) is 0 Å². The molecule has 3 nitrogen and oxygen atoms in total. The van der Waals surface area contributed by atoms with Gasteiger partial charge in [-0.3, -0.25) is 0 Å². The summed E-state index contributed by atoms with van der Waals surface area (Å²) < 4.78 is 27.0. The molecule has 0 saturated carbocycles. The molecule has 28 heavy (non-hydrogen) atoms. The Morgan fingerprint density at radius 1 is 0.607 bits per heavy atom. The van der Waals surface area contributed by atoms with Gasteiger partial charge in [-0.25, -0.2) is 0 Å². The molecule has 0 N–H and O–H groups in total. The van der Waals surface area contributed by atoms with E-state index in [9.17, 15) is 4.21 Å². The van der Waals surface area contributed by atoms with Crippen LogP contribution in [0.5, 0.6) is 11.5 Å². The Hall–Kier alpha value is -0.930. The van der Waals surface area contributed by atoms with E-state index in [1.54, 1.807) is 12.1 Å². The van der Waals surface area contributed by atoms with Gasteiger partial charge >= 0.3 is 11.4 Å². The van der Waals surface area contributed by atoms with Crippen LogP contribution in [-0.4, -0.2) is 4.21 Å². The predicted octanol–water partition coefficient (Wildman–Crippen LogP) is 8.08. The SMILES string of the molecule is O=S(Oc1ccc2cc(Br)ccc2c1Br)Oc1ccc2cc(Br)ccc2c1Br. The van der Waals surface area contributed by atoms with Gasteiger partial charge in [0, 0.05) is 8.95 Å². The third kappa shape index (κ3) is 4.16. The number of halogens is 4. The van der Waals surface area contributed by atoms with Crippen LogP contribution < -0.4 is 8.37 Å². The van der Waals surface area contributed by atoms with Crippen LogP contribution in [0.15, 0.2) is 78.6 Å². The van der Waals surface area contributed by atoms with Gasteiger partial charge in [-0.15, -0.1) is 0 Å². The van der Waals surface area contributed by atoms with Crippen molar-refractivity contribution >= 4 is 96.6 Å². The summed E-state index contributed by atoms with van der Waals surface area (Å²) in [6, 6.07) is 19.1. The molecule has 0 unspecified atom stereocenters. The van der Waals surface area contributed by atoms with Gasteiger partial charge in [-0.2, -0.15) is 4.21 Å². The fraction of sp³-hybridized carbons (Fsp3) is 0. The van der Waals surface area contributed by atoms with Crippen LogP contribution in [-0.2, 0) is 11.4 Å². The van der Waals surface area contributed by atoms with E-state index in [1.807, 2.05) is 48.5 Å². The minimum atomic E-state index is -2.02. The van der Waals surface area contributed by atoms with Crippen molar-refractivity contribution in [2.24, 2.45) is 0 Å². The van der Waals surface area contributed by atoms with Crippen molar-refractivity contribution < 1.29 is 12.6 Å². The van der Waals surface area contributed by atoms with Crippen molar-refractivity contribution in [1.29, 1.82) is 0 Å². The zero-order chi connectivity index (χ0) is 19.8. The molecule has 0 aliphatic heterocycles. The minimum absolute atomic E-state index is 0.439. The van der Waals surface area contributed by atoms with Crippen LogP contribution in [0.2, 0.25) is 0 Å². The lowest BCUT2D eigenvalue weighted by Crippen LogP contribution is -2.08. The molecule has 4 aromatic rings. The first-order chi connectivity index (χ1) is 13.4. The monoisotopic (exact) mass is 646 g/mol.